The highest BCUT2D eigenvalue weighted by molar-refractivity contribution is 5.71. The number of esters is 3. The number of hydrogen-bond acceptors (Lipinski definition) is 6. The summed E-state index contributed by atoms with van der Waals surface area (Å²) in [7, 11) is 0. The average molecular weight is 1100 g/mol. The number of carbonyl (C=O) groups excluding carboxylic acids is 3. The molecule has 1 atom stereocenters. The summed E-state index contributed by atoms with van der Waals surface area (Å²) >= 11 is 0. The molecule has 0 spiro atoms. The topological polar surface area (TPSA) is 78.9 Å². The average Bonchev–Trinajstić information content (AvgIpc) is 3.45. The van der Waals surface area contributed by atoms with Crippen LogP contribution in [0.15, 0.2) is 122 Å². The predicted octanol–water partition coefficient (Wildman–Crippen LogP) is 22.8. The molecular formula is C73H122O6. The second-order valence-corrected chi connectivity index (χ2v) is 21.6. The van der Waals surface area contributed by atoms with Crippen LogP contribution in [0.5, 0.6) is 0 Å². The van der Waals surface area contributed by atoms with Crippen molar-refractivity contribution in [3.63, 3.8) is 0 Å². The molecule has 0 saturated carbocycles. The summed E-state index contributed by atoms with van der Waals surface area (Å²) in [6.45, 7) is 6.48. The molecule has 0 amide bonds. The monoisotopic (exact) mass is 1090 g/mol. The Morgan fingerprint density at radius 3 is 0.772 bits per heavy atom. The molecule has 0 N–H and O–H groups in total. The Hall–Kier alpha value is -4.19. The largest absolute Gasteiger partial charge is 0.462 e. The molecule has 0 aromatic carbocycles. The van der Waals surface area contributed by atoms with Gasteiger partial charge in [-0.15, -0.1) is 0 Å². The zero-order valence-electron chi connectivity index (χ0n) is 51.6. The van der Waals surface area contributed by atoms with E-state index in [1.165, 1.54) is 122 Å². The van der Waals surface area contributed by atoms with Gasteiger partial charge in [-0.05, 0) is 135 Å². The van der Waals surface area contributed by atoms with E-state index in [0.717, 1.165) is 141 Å². The smallest absolute Gasteiger partial charge is 0.306 e. The van der Waals surface area contributed by atoms with Crippen LogP contribution in [-0.2, 0) is 28.6 Å². The van der Waals surface area contributed by atoms with Gasteiger partial charge in [-0.25, -0.2) is 0 Å². The third kappa shape index (κ3) is 64.5. The highest BCUT2D eigenvalue weighted by atomic mass is 16.6. The Balaban J connectivity index is 4.46. The van der Waals surface area contributed by atoms with Crippen molar-refractivity contribution < 1.29 is 28.6 Å². The molecule has 1 unspecified atom stereocenters. The number of hydrogen-bond donors (Lipinski definition) is 0. The summed E-state index contributed by atoms with van der Waals surface area (Å²) < 4.78 is 16.9. The zero-order chi connectivity index (χ0) is 57.1. The van der Waals surface area contributed by atoms with Crippen LogP contribution in [0.1, 0.15) is 303 Å². The van der Waals surface area contributed by atoms with Gasteiger partial charge in [0.25, 0.3) is 0 Å². The molecule has 79 heavy (non-hydrogen) atoms. The summed E-state index contributed by atoms with van der Waals surface area (Å²) in [5.41, 5.74) is 0. The van der Waals surface area contributed by atoms with E-state index in [0.29, 0.717) is 19.3 Å². The lowest BCUT2D eigenvalue weighted by molar-refractivity contribution is -0.167. The summed E-state index contributed by atoms with van der Waals surface area (Å²) in [6.07, 6.45) is 92.0. The summed E-state index contributed by atoms with van der Waals surface area (Å²) in [5, 5.41) is 0. The van der Waals surface area contributed by atoms with Crippen LogP contribution in [-0.4, -0.2) is 37.2 Å². The lowest BCUT2D eigenvalue weighted by Crippen LogP contribution is -2.30. The molecule has 0 aliphatic carbocycles. The van der Waals surface area contributed by atoms with E-state index in [1.54, 1.807) is 0 Å². The first-order valence-corrected chi connectivity index (χ1v) is 33.0. The van der Waals surface area contributed by atoms with Crippen molar-refractivity contribution in [2.45, 2.75) is 309 Å². The third-order valence-electron chi connectivity index (χ3n) is 13.9. The van der Waals surface area contributed by atoms with E-state index in [4.69, 9.17) is 14.2 Å². The number of ether oxygens (including phenoxy) is 3. The van der Waals surface area contributed by atoms with Crippen LogP contribution in [0.4, 0.5) is 0 Å². The van der Waals surface area contributed by atoms with Gasteiger partial charge in [0.05, 0.1) is 0 Å². The third-order valence-corrected chi connectivity index (χ3v) is 13.9. The van der Waals surface area contributed by atoms with E-state index in [2.05, 4.69) is 142 Å². The van der Waals surface area contributed by atoms with E-state index in [-0.39, 0.29) is 31.1 Å². The summed E-state index contributed by atoms with van der Waals surface area (Å²) in [6, 6.07) is 0. The van der Waals surface area contributed by atoms with Gasteiger partial charge >= 0.3 is 17.9 Å². The number of allylic oxidation sites excluding steroid dienone is 20. The van der Waals surface area contributed by atoms with Gasteiger partial charge in [-0.2, -0.15) is 0 Å². The number of unbranched alkanes of at least 4 members (excludes halogenated alkanes) is 28. The normalized spacial score (nSPS) is 12.9. The van der Waals surface area contributed by atoms with Gasteiger partial charge in [0.1, 0.15) is 13.2 Å². The second kappa shape index (κ2) is 66.3. The van der Waals surface area contributed by atoms with E-state index < -0.39 is 6.10 Å². The van der Waals surface area contributed by atoms with Crippen molar-refractivity contribution in [1.82, 2.24) is 0 Å². The Morgan fingerprint density at radius 2 is 0.494 bits per heavy atom. The van der Waals surface area contributed by atoms with Crippen LogP contribution in [0.3, 0.4) is 0 Å². The number of carbonyl (C=O) groups is 3. The molecule has 0 fully saturated rings. The van der Waals surface area contributed by atoms with Crippen LogP contribution in [0.25, 0.3) is 0 Å². The molecule has 0 heterocycles. The molecule has 6 heteroatoms. The van der Waals surface area contributed by atoms with Gasteiger partial charge in [0.15, 0.2) is 6.10 Å². The fraction of sp³-hybridized carbons (Fsp3) is 0.685. The molecule has 0 bridgehead atoms. The molecule has 0 rings (SSSR count). The Kier molecular flexibility index (Phi) is 62.8. The molecule has 0 aliphatic heterocycles. The Labute approximate surface area is 488 Å². The van der Waals surface area contributed by atoms with Crippen molar-refractivity contribution in [3.8, 4) is 0 Å². The highest BCUT2D eigenvalue weighted by Gasteiger charge is 2.19. The maximum absolute atomic E-state index is 12.9. The Bertz CT molecular complexity index is 1640. The summed E-state index contributed by atoms with van der Waals surface area (Å²) in [4.78, 5) is 38.4. The fourth-order valence-corrected chi connectivity index (χ4v) is 8.98. The minimum atomic E-state index is -0.805. The van der Waals surface area contributed by atoms with Crippen LogP contribution in [0, 0.1) is 0 Å². The summed E-state index contributed by atoms with van der Waals surface area (Å²) in [5.74, 6) is -0.936. The second-order valence-electron chi connectivity index (χ2n) is 21.6. The molecule has 0 aliphatic rings. The SMILES string of the molecule is CC/C=C\C/C=C\C/C=C\C/C=C\CCCCCCC(=O)OCC(COC(=O)CCCCCCCCCC/C=C\C/C=C\C/C=C\CCCCCCC)OC(=O)CCCCCCCC/C=C\C/C=C\C/C=C\CCCCCCC. The molecule has 0 aromatic heterocycles. The van der Waals surface area contributed by atoms with Crippen LogP contribution < -0.4 is 0 Å². The standard InChI is InChI=1S/C73H122O6/c1-4-7-10-13-16-19-22-25-28-31-33-35-36-38-39-42-45-48-51-54-57-60-63-66-72(75)78-69-70(68-77-71(74)65-62-59-56-53-50-47-44-41-30-27-24-21-18-15-12-9-6-3)79-73(76)67-64-61-58-55-52-49-46-43-40-37-34-32-29-26-23-20-17-14-11-8-5-2/h9,12,18,21-23,25-27,30-34,36,38,40,43-44,47,70H,4-8,10-11,13-17,19-20,24,28-29,35,37,39,41-42,45-46,48-69H2,1-3H3/b12-9-,21-18-,25-22-,26-23-,30-27-,33-31-,34-32-,38-36-,43-40-,47-44-. The van der Waals surface area contributed by atoms with Gasteiger partial charge < -0.3 is 14.2 Å². The molecule has 0 aromatic rings. The quantitative estimate of drug-likeness (QED) is 0.0261. The molecule has 6 nitrogen and oxygen atoms in total. The molecule has 450 valence electrons. The van der Waals surface area contributed by atoms with Crippen molar-refractivity contribution >= 4 is 17.9 Å². The predicted molar refractivity (Wildman–Crippen MR) is 343 cm³/mol. The van der Waals surface area contributed by atoms with Crippen molar-refractivity contribution in [2.75, 3.05) is 13.2 Å². The fourth-order valence-electron chi connectivity index (χ4n) is 8.98. The van der Waals surface area contributed by atoms with Crippen molar-refractivity contribution in [2.24, 2.45) is 0 Å². The van der Waals surface area contributed by atoms with Gasteiger partial charge in [-0.3, -0.25) is 14.4 Å². The van der Waals surface area contributed by atoms with E-state index >= 15 is 0 Å². The van der Waals surface area contributed by atoms with E-state index in [9.17, 15) is 14.4 Å². The lowest BCUT2D eigenvalue weighted by atomic mass is 10.1. The highest BCUT2D eigenvalue weighted by Crippen LogP contribution is 2.15. The number of rotatable bonds is 59. The van der Waals surface area contributed by atoms with Crippen molar-refractivity contribution in [1.29, 1.82) is 0 Å². The van der Waals surface area contributed by atoms with Gasteiger partial charge in [0, 0.05) is 19.3 Å². The minimum Gasteiger partial charge on any atom is -0.462 e. The molecular weight excluding hydrogens is 973 g/mol. The van der Waals surface area contributed by atoms with Crippen LogP contribution >= 0.6 is 0 Å². The zero-order valence-corrected chi connectivity index (χ0v) is 51.6. The van der Waals surface area contributed by atoms with Gasteiger partial charge in [-0.1, -0.05) is 271 Å². The first-order valence-electron chi connectivity index (χ1n) is 33.0. The molecule has 0 saturated heterocycles. The maximum Gasteiger partial charge on any atom is 0.306 e. The minimum absolute atomic E-state index is 0.0978. The first-order chi connectivity index (χ1) is 39.0. The van der Waals surface area contributed by atoms with Gasteiger partial charge in [0.2, 0.25) is 0 Å². The lowest BCUT2D eigenvalue weighted by Gasteiger charge is -2.18. The van der Waals surface area contributed by atoms with Crippen molar-refractivity contribution in [3.05, 3.63) is 122 Å². The Morgan fingerprint density at radius 1 is 0.266 bits per heavy atom. The molecule has 0 radical (unpaired) electrons. The van der Waals surface area contributed by atoms with E-state index in [1.807, 2.05) is 0 Å². The maximum atomic E-state index is 12.9. The first kappa shape index (κ1) is 74.8. The van der Waals surface area contributed by atoms with Crippen LogP contribution in [0.2, 0.25) is 0 Å².